The van der Waals surface area contributed by atoms with Crippen molar-refractivity contribution in [2.24, 2.45) is 22.2 Å². The first-order valence-corrected chi connectivity index (χ1v) is 11.9. The van der Waals surface area contributed by atoms with E-state index in [1.807, 2.05) is 0 Å². The average Bonchev–Trinajstić information content (AvgIpc) is 2.83. The SMILES string of the molecule is CC(O)C(NC(=O)C(N)CS)C(=O)NC(CCCN=C(N)N)C(=O)NC(Cc1ccccc1)C(=O)O. The van der Waals surface area contributed by atoms with Gasteiger partial charge < -0.3 is 43.4 Å². The molecule has 11 N–H and O–H groups in total. The summed E-state index contributed by atoms with van der Waals surface area (Å²) in [5.74, 6) is -3.73. The molecule has 0 aliphatic rings. The summed E-state index contributed by atoms with van der Waals surface area (Å²) in [4.78, 5) is 53.6. The zero-order valence-corrected chi connectivity index (χ0v) is 20.9. The topological polar surface area (TPSA) is 235 Å². The third-order valence-electron chi connectivity index (χ3n) is 5.07. The number of rotatable bonds is 15. The average molecular weight is 526 g/mol. The Morgan fingerprint density at radius 3 is 2.14 bits per heavy atom. The number of amides is 3. The van der Waals surface area contributed by atoms with Crippen LogP contribution in [0.15, 0.2) is 35.3 Å². The number of aliphatic hydroxyl groups is 1. The highest BCUT2D eigenvalue weighted by Gasteiger charge is 2.32. The van der Waals surface area contributed by atoms with E-state index in [9.17, 15) is 29.4 Å². The molecular weight excluding hydrogens is 490 g/mol. The molecule has 3 amide bonds. The molecule has 0 saturated carbocycles. The first kappa shape index (κ1) is 30.7. The van der Waals surface area contributed by atoms with Gasteiger partial charge in [0.2, 0.25) is 17.7 Å². The molecule has 0 fully saturated rings. The van der Waals surface area contributed by atoms with Crippen LogP contribution in [0.25, 0.3) is 0 Å². The fourth-order valence-electron chi connectivity index (χ4n) is 3.10. The third kappa shape index (κ3) is 10.9. The number of aliphatic carboxylic acids is 1. The van der Waals surface area contributed by atoms with E-state index in [2.05, 4.69) is 33.6 Å². The molecule has 36 heavy (non-hydrogen) atoms. The molecule has 1 aromatic carbocycles. The van der Waals surface area contributed by atoms with Crippen LogP contribution in [0, 0.1) is 0 Å². The Balaban J connectivity index is 3.03. The summed E-state index contributed by atoms with van der Waals surface area (Å²) < 4.78 is 0. The van der Waals surface area contributed by atoms with Gasteiger partial charge in [0.05, 0.1) is 12.1 Å². The molecule has 0 saturated heterocycles. The van der Waals surface area contributed by atoms with Crippen LogP contribution in [0.2, 0.25) is 0 Å². The Labute approximate surface area is 214 Å². The van der Waals surface area contributed by atoms with Gasteiger partial charge in [0.1, 0.15) is 18.1 Å². The predicted molar refractivity (Wildman–Crippen MR) is 137 cm³/mol. The lowest BCUT2D eigenvalue weighted by molar-refractivity contribution is -0.142. The zero-order valence-electron chi connectivity index (χ0n) is 20.0. The summed E-state index contributed by atoms with van der Waals surface area (Å²) in [5.41, 5.74) is 16.9. The number of nitrogens with one attached hydrogen (secondary N) is 3. The van der Waals surface area contributed by atoms with E-state index in [0.717, 1.165) is 0 Å². The number of carboxylic acids is 1. The van der Waals surface area contributed by atoms with Crippen LogP contribution in [0.1, 0.15) is 25.3 Å². The number of hydrogen-bond acceptors (Lipinski definition) is 8. The Bertz CT molecular complexity index is 911. The van der Waals surface area contributed by atoms with Crippen molar-refractivity contribution in [1.29, 1.82) is 0 Å². The van der Waals surface area contributed by atoms with E-state index in [1.165, 1.54) is 6.92 Å². The summed E-state index contributed by atoms with van der Waals surface area (Å²) in [5, 5.41) is 26.9. The maximum absolute atomic E-state index is 13.0. The van der Waals surface area contributed by atoms with Gasteiger partial charge in [0.25, 0.3) is 0 Å². The van der Waals surface area contributed by atoms with Gasteiger partial charge in [-0.05, 0) is 25.3 Å². The number of hydrogen-bond donors (Lipinski definition) is 9. The first-order valence-electron chi connectivity index (χ1n) is 11.2. The summed E-state index contributed by atoms with van der Waals surface area (Å²) >= 11 is 3.93. The third-order valence-corrected chi connectivity index (χ3v) is 5.47. The first-order chi connectivity index (χ1) is 17.0. The summed E-state index contributed by atoms with van der Waals surface area (Å²) in [6, 6.07) is 3.80. The number of nitrogens with zero attached hydrogens (tertiary/aromatic N) is 1. The molecule has 0 radical (unpaired) electrons. The number of aliphatic hydroxyl groups excluding tert-OH is 1. The van der Waals surface area contributed by atoms with Crippen LogP contribution >= 0.6 is 12.6 Å². The molecular formula is C22H35N7O6S. The van der Waals surface area contributed by atoms with Gasteiger partial charge in [-0.1, -0.05) is 30.3 Å². The molecule has 0 heterocycles. The van der Waals surface area contributed by atoms with Gasteiger partial charge in [0, 0.05) is 18.7 Å². The molecule has 14 heteroatoms. The zero-order chi connectivity index (χ0) is 27.3. The van der Waals surface area contributed by atoms with Crippen molar-refractivity contribution in [1.82, 2.24) is 16.0 Å². The van der Waals surface area contributed by atoms with Crippen LogP contribution in [0.4, 0.5) is 0 Å². The molecule has 200 valence electrons. The lowest BCUT2D eigenvalue weighted by atomic mass is 10.0. The van der Waals surface area contributed by atoms with Gasteiger partial charge in [-0.3, -0.25) is 19.4 Å². The van der Waals surface area contributed by atoms with Crippen molar-refractivity contribution in [3.05, 3.63) is 35.9 Å². The Morgan fingerprint density at radius 2 is 1.61 bits per heavy atom. The van der Waals surface area contributed by atoms with Crippen LogP contribution in [-0.2, 0) is 25.6 Å². The van der Waals surface area contributed by atoms with E-state index in [4.69, 9.17) is 17.2 Å². The van der Waals surface area contributed by atoms with Crippen LogP contribution in [0.3, 0.4) is 0 Å². The van der Waals surface area contributed by atoms with Gasteiger partial charge in [-0.15, -0.1) is 0 Å². The highest BCUT2D eigenvalue weighted by molar-refractivity contribution is 7.80. The fourth-order valence-corrected chi connectivity index (χ4v) is 3.27. The van der Waals surface area contributed by atoms with Crippen LogP contribution in [0.5, 0.6) is 0 Å². The number of carboxylic acid groups (broad SMARTS) is 1. The second-order valence-electron chi connectivity index (χ2n) is 8.12. The monoisotopic (exact) mass is 525 g/mol. The number of aliphatic imine (C=N–C) groups is 1. The van der Waals surface area contributed by atoms with Crippen LogP contribution < -0.4 is 33.2 Å². The van der Waals surface area contributed by atoms with Crippen molar-refractivity contribution in [3.63, 3.8) is 0 Å². The Morgan fingerprint density at radius 1 is 1.00 bits per heavy atom. The van der Waals surface area contributed by atoms with E-state index >= 15 is 0 Å². The molecule has 0 aromatic heterocycles. The number of thiol groups is 1. The number of carbonyl (C=O) groups excluding carboxylic acids is 3. The number of nitrogens with two attached hydrogens (primary N) is 3. The maximum atomic E-state index is 13.0. The second-order valence-corrected chi connectivity index (χ2v) is 8.48. The largest absolute Gasteiger partial charge is 0.480 e. The molecule has 1 aromatic rings. The summed E-state index contributed by atoms with van der Waals surface area (Å²) in [6.07, 6.45) is -0.993. The van der Waals surface area contributed by atoms with Gasteiger partial charge >= 0.3 is 5.97 Å². The predicted octanol–water partition coefficient (Wildman–Crippen LogP) is -2.54. The van der Waals surface area contributed by atoms with Gasteiger partial charge in [0.15, 0.2) is 5.96 Å². The molecule has 5 unspecified atom stereocenters. The molecule has 0 aliphatic carbocycles. The quantitative estimate of drug-likeness (QED) is 0.0507. The summed E-state index contributed by atoms with van der Waals surface area (Å²) in [6.45, 7) is 1.44. The molecule has 5 atom stereocenters. The van der Waals surface area contributed by atoms with E-state index < -0.39 is 54.0 Å². The van der Waals surface area contributed by atoms with E-state index in [-0.39, 0.29) is 37.5 Å². The molecule has 0 spiro atoms. The van der Waals surface area contributed by atoms with Gasteiger partial charge in [-0.25, -0.2) is 4.79 Å². The summed E-state index contributed by atoms with van der Waals surface area (Å²) in [7, 11) is 0. The molecule has 1 rings (SSSR count). The van der Waals surface area contributed by atoms with Crippen molar-refractivity contribution < 1.29 is 29.4 Å². The maximum Gasteiger partial charge on any atom is 0.326 e. The Hall–Kier alpha value is -3.36. The lowest BCUT2D eigenvalue weighted by Gasteiger charge is -2.26. The van der Waals surface area contributed by atoms with Gasteiger partial charge in [-0.2, -0.15) is 12.6 Å². The smallest absolute Gasteiger partial charge is 0.326 e. The van der Waals surface area contributed by atoms with Crippen molar-refractivity contribution in [3.8, 4) is 0 Å². The highest BCUT2D eigenvalue weighted by Crippen LogP contribution is 2.07. The standard InChI is InChI=1S/C22H35N7O6S/c1-12(30)17(29-18(31)14(23)11-36)20(33)27-15(8-5-9-26-22(24)25)19(32)28-16(21(34)35)10-13-6-3-2-4-7-13/h2-4,6-7,12,14-17,30,36H,5,8-11,23H2,1H3,(H,27,33)(H,28,32)(H,29,31)(H,34,35)(H4,24,25,26). The minimum atomic E-state index is -1.42. The molecule has 13 nitrogen and oxygen atoms in total. The minimum Gasteiger partial charge on any atom is -0.480 e. The lowest BCUT2D eigenvalue weighted by Crippen LogP contribution is -2.60. The van der Waals surface area contributed by atoms with E-state index in [1.54, 1.807) is 30.3 Å². The van der Waals surface area contributed by atoms with Crippen molar-refractivity contribution in [2.75, 3.05) is 12.3 Å². The fraction of sp³-hybridized carbons (Fsp3) is 0.500. The molecule has 0 bridgehead atoms. The minimum absolute atomic E-state index is 0.00773. The second kappa shape index (κ2) is 15.6. The normalized spacial score (nSPS) is 14.9. The number of carbonyl (C=O) groups is 4. The molecule has 0 aliphatic heterocycles. The number of benzene rings is 1. The van der Waals surface area contributed by atoms with E-state index in [0.29, 0.717) is 5.56 Å². The Kier molecular flexibility index (Phi) is 13.3. The number of guanidine groups is 1. The highest BCUT2D eigenvalue weighted by atomic mass is 32.1. The van der Waals surface area contributed by atoms with Crippen LogP contribution in [-0.4, -0.2) is 82.4 Å². The van der Waals surface area contributed by atoms with Crippen molar-refractivity contribution in [2.45, 2.75) is 56.5 Å². The van der Waals surface area contributed by atoms with Crippen molar-refractivity contribution >= 4 is 42.3 Å².